The number of phenols is 1. The van der Waals surface area contributed by atoms with Gasteiger partial charge in [-0.2, -0.15) is 5.26 Å². The second-order valence-corrected chi connectivity index (χ2v) is 9.84. The highest BCUT2D eigenvalue weighted by atomic mass is 16.3. The van der Waals surface area contributed by atoms with Gasteiger partial charge in [-0.1, -0.05) is 80.6 Å². The van der Waals surface area contributed by atoms with E-state index in [9.17, 15) is 9.90 Å². The van der Waals surface area contributed by atoms with Crippen molar-refractivity contribution in [2.24, 2.45) is 5.73 Å². The van der Waals surface area contributed by atoms with Crippen LogP contribution in [0, 0.1) is 11.3 Å². The van der Waals surface area contributed by atoms with E-state index in [1.807, 2.05) is 56.3 Å². The molecule has 190 valence electrons. The molecule has 0 bridgehead atoms. The number of nitrogens with two attached hydrogens (primary N) is 1. The molecule has 4 N–H and O–H groups in total. The Labute approximate surface area is 220 Å². The van der Waals surface area contributed by atoms with Gasteiger partial charge >= 0.3 is 0 Å². The van der Waals surface area contributed by atoms with E-state index in [1.165, 1.54) is 16.3 Å². The van der Waals surface area contributed by atoms with Gasteiger partial charge in [-0.05, 0) is 41.2 Å². The first-order chi connectivity index (χ1) is 18.4. The van der Waals surface area contributed by atoms with Crippen molar-refractivity contribution in [1.29, 1.82) is 5.26 Å². The van der Waals surface area contributed by atoms with Crippen LogP contribution in [0.1, 0.15) is 48.8 Å². The van der Waals surface area contributed by atoms with Gasteiger partial charge in [0.1, 0.15) is 17.4 Å². The Morgan fingerprint density at radius 3 is 2.32 bits per heavy atom. The zero-order chi connectivity index (χ0) is 26.8. The molecular weight excluding hydrogens is 474 g/mol. The van der Waals surface area contributed by atoms with E-state index in [2.05, 4.69) is 40.4 Å². The molecule has 2 unspecified atom stereocenters. The summed E-state index contributed by atoms with van der Waals surface area (Å²) in [6.07, 6.45) is 2.61. The second kappa shape index (κ2) is 10.4. The van der Waals surface area contributed by atoms with Crippen LogP contribution in [0.25, 0.3) is 28.0 Å². The van der Waals surface area contributed by atoms with Gasteiger partial charge in [0.05, 0.1) is 5.69 Å². The molecule has 0 radical (unpaired) electrons. The van der Waals surface area contributed by atoms with Crippen LogP contribution < -0.4 is 11.3 Å². The number of aromatic amines is 1. The summed E-state index contributed by atoms with van der Waals surface area (Å²) < 4.78 is 1.33. The van der Waals surface area contributed by atoms with Gasteiger partial charge in [0, 0.05) is 29.3 Å². The van der Waals surface area contributed by atoms with Crippen molar-refractivity contribution in [3.8, 4) is 34.2 Å². The first kappa shape index (κ1) is 25.0. The lowest BCUT2D eigenvalue weighted by molar-refractivity contribution is 0.475. The number of aromatic nitrogens is 3. The number of nitrogens with one attached hydrogen (secondary N) is 1. The molecule has 1 saturated carbocycles. The molecule has 1 aliphatic rings. The Kier molecular flexibility index (Phi) is 6.82. The molecule has 0 amide bonds. The van der Waals surface area contributed by atoms with E-state index < -0.39 is 0 Å². The number of H-pyrrole nitrogens is 1. The highest BCUT2D eigenvalue weighted by Gasteiger charge is 2.34. The maximum Gasteiger partial charge on any atom is 0.276 e. The molecule has 1 aliphatic carbocycles. The van der Waals surface area contributed by atoms with Crippen molar-refractivity contribution in [3.63, 3.8) is 0 Å². The third-order valence-corrected chi connectivity index (χ3v) is 6.80. The molecule has 38 heavy (non-hydrogen) atoms. The summed E-state index contributed by atoms with van der Waals surface area (Å²) in [7, 11) is 0. The summed E-state index contributed by atoms with van der Waals surface area (Å²) in [6.45, 7) is 3.93. The van der Waals surface area contributed by atoms with E-state index in [0.29, 0.717) is 40.2 Å². The minimum absolute atomic E-state index is 0.0333. The topological polar surface area (TPSA) is 120 Å². The van der Waals surface area contributed by atoms with Crippen LogP contribution in [-0.4, -0.2) is 25.7 Å². The molecule has 1 fully saturated rings. The Morgan fingerprint density at radius 2 is 1.71 bits per heavy atom. The molecule has 7 heteroatoms. The zero-order valence-electron chi connectivity index (χ0n) is 21.3. The lowest BCUT2D eigenvalue weighted by atomic mass is 9.98. The maximum absolute atomic E-state index is 12.7. The van der Waals surface area contributed by atoms with Crippen molar-refractivity contribution < 1.29 is 5.11 Å². The highest BCUT2D eigenvalue weighted by Crippen LogP contribution is 2.39. The number of hydrogen-bond acceptors (Lipinski definition) is 5. The van der Waals surface area contributed by atoms with Crippen LogP contribution in [0.2, 0.25) is 0 Å². The number of hydrogen-bond donors (Lipinski definition) is 3. The first-order valence-electron chi connectivity index (χ1n) is 12.6. The Hall–Kier alpha value is -4.67. The number of phenolic OH excluding ortho intramolecular Hbond substituents is 1. The predicted molar refractivity (Wildman–Crippen MR) is 149 cm³/mol. The average Bonchev–Trinajstić information content (AvgIpc) is 3.51. The standard InChI is InChI=1S/C16H14N4O.C15H15NO/c1-10(2)13-14(11-6-4-3-5-7-11)19-15-12(8-17)9-18-20(15)16(13)21;16-15-9-14(15)11-6-4-10(5-7-11)12-2-1-3-13(17)8-12/h3-7,9-10,18H,1-2H3;1-8,14-15,17H,9,16H2. The van der Waals surface area contributed by atoms with Crippen LogP contribution >= 0.6 is 0 Å². The van der Waals surface area contributed by atoms with Crippen molar-refractivity contribution in [3.05, 3.63) is 112 Å². The number of aromatic hydroxyl groups is 1. The lowest BCUT2D eigenvalue weighted by Crippen LogP contribution is -2.22. The SMILES string of the molecule is CC(C)c1c(-c2ccccc2)nc2c(C#N)c[nH]n2c1=O.NC1CC1c1ccc(-c2cccc(O)c2)cc1. The van der Waals surface area contributed by atoms with Gasteiger partial charge in [-0.3, -0.25) is 9.89 Å². The summed E-state index contributed by atoms with van der Waals surface area (Å²) in [5, 5.41) is 21.4. The molecular formula is C31H29N5O2. The fourth-order valence-corrected chi connectivity index (χ4v) is 4.65. The lowest BCUT2D eigenvalue weighted by Gasteiger charge is -2.11. The molecule has 0 saturated heterocycles. The van der Waals surface area contributed by atoms with E-state index in [4.69, 9.17) is 11.0 Å². The number of rotatable bonds is 4. The van der Waals surface area contributed by atoms with Gasteiger partial charge in [0.2, 0.25) is 0 Å². The van der Waals surface area contributed by atoms with Crippen LogP contribution in [0.15, 0.2) is 89.9 Å². The van der Waals surface area contributed by atoms with Crippen molar-refractivity contribution >= 4 is 5.65 Å². The smallest absolute Gasteiger partial charge is 0.276 e. The fraction of sp³-hybridized carbons (Fsp3) is 0.194. The first-order valence-corrected chi connectivity index (χ1v) is 12.6. The average molecular weight is 504 g/mol. The normalized spacial score (nSPS) is 16.1. The molecule has 7 nitrogen and oxygen atoms in total. The van der Waals surface area contributed by atoms with Gasteiger partial charge in [-0.15, -0.1) is 0 Å². The summed E-state index contributed by atoms with van der Waals surface area (Å²) in [4.78, 5) is 17.2. The van der Waals surface area contributed by atoms with Gasteiger partial charge < -0.3 is 10.8 Å². The Bertz CT molecular complexity index is 1680. The molecule has 0 aliphatic heterocycles. The van der Waals surface area contributed by atoms with Gasteiger partial charge in [0.25, 0.3) is 5.56 Å². The monoisotopic (exact) mass is 503 g/mol. The second-order valence-electron chi connectivity index (χ2n) is 9.84. The molecule has 3 aromatic carbocycles. The molecule has 0 spiro atoms. The predicted octanol–water partition coefficient (Wildman–Crippen LogP) is 5.56. The highest BCUT2D eigenvalue weighted by molar-refractivity contribution is 5.68. The maximum atomic E-state index is 12.7. The summed E-state index contributed by atoms with van der Waals surface area (Å²) in [5.74, 6) is 0.884. The third kappa shape index (κ3) is 4.95. The van der Waals surface area contributed by atoms with E-state index in [1.54, 1.807) is 12.1 Å². The number of nitrogens with zero attached hydrogens (tertiary/aromatic N) is 3. The summed E-state index contributed by atoms with van der Waals surface area (Å²) >= 11 is 0. The molecule has 6 rings (SSSR count). The zero-order valence-corrected chi connectivity index (χ0v) is 21.3. The summed E-state index contributed by atoms with van der Waals surface area (Å²) in [5.41, 5.74) is 12.1. The van der Waals surface area contributed by atoms with Crippen molar-refractivity contribution in [2.45, 2.75) is 38.1 Å². The minimum Gasteiger partial charge on any atom is -0.508 e. The van der Waals surface area contributed by atoms with Gasteiger partial charge in [0.15, 0.2) is 5.65 Å². The molecule has 5 aromatic rings. The Balaban J connectivity index is 0.000000158. The molecule has 2 atom stereocenters. The van der Waals surface area contributed by atoms with Crippen molar-refractivity contribution in [1.82, 2.24) is 14.6 Å². The van der Waals surface area contributed by atoms with E-state index in [0.717, 1.165) is 23.1 Å². The summed E-state index contributed by atoms with van der Waals surface area (Å²) in [6, 6.07) is 27.7. The largest absolute Gasteiger partial charge is 0.508 e. The Morgan fingerprint density at radius 1 is 1.03 bits per heavy atom. The van der Waals surface area contributed by atoms with Crippen molar-refractivity contribution in [2.75, 3.05) is 0 Å². The number of benzene rings is 3. The fourth-order valence-electron chi connectivity index (χ4n) is 4.65. The van der Waals surface area contributed by atoms with E-state index in [-0.39, 0.29) is 11.5 Å². The minimum atomic E-state index is -0.157. The number of nitriles is 1. The number of fused-ring (bicyclic) bond motifs is 1. The van der Waals surface area contributed by atoms with E-state index >= 15 is 0 Å². The van der Waals surface area contributed by atoms with Crippen LogP contribution in [0.5, 0.6) is 5.75 Å². The molecule has 2 heterocycles. The molecule has 2 aromatic heterocycles. The van der Waals surface area contributed by atoms with Crippen LogP contribution in [0.3, 0.4) is 0 Å². The van der Waals surface area contributed by atoms with Crippen LogP contribution in [0.4, 0.5) is 0 Å². The quantitative estimate of drug-likeness (QED) is 0.297. The van der Waals surface area contributed by atoms with Crippen LogP contribution in [-0.2, 0) is 0 Å². The van der Waals surface area contributed by atoms with Gasteiger partial charge in [-0.25, -0.2) is 9.50 Å². The third-order valence-electron chi connectivity index (χ3n) is 6.80.